The highest BCUT2D eigenvalue weighted by molar-refractivity contribution is 6.15. The third-order valence-corrected chi connectivity index (χ3v) is 11.7. The number of fused-ring (bicyclic) bond motifs is 10. The quantitative estimate of drug-likeness (QED) is 0.183. The van der Waals surface area contributed by atoms with Crippen molar-refractivity contribution in [1.82, 2.24) is 0 Å². The maximum Gasteiger partial charge on any atom is 0.159 e. The maximum atomic E-state index is 6.27. The highest BCUT2D eigenvalue weighted by Gasteiger charge is 2.38. The molecule has 0 N–H and O–H groups in total. The molecule has 6 aromatic carbocycles. The number of benzene rings is 6. The van der Waals surface area contributed by atoms with E-state index < -0.39 is 0 Å². The van der Waals surface area contributed by atoms with E-state index in [1.807, 2.05) is 12.1 Å². The minimum atomic E-state index is -0.0228. The van der Waals surface area contributed by atoms with Gasteiger partial charge in [-0.15, -0.1) is 0 Å². The van der Waals surface area contributed by atoms with Crippen LogP contribution in [0.3, 0.4) is 0 Å². The lowest BCUT2D eigenvalue weighted by molar-refractivity contribution is 0.620. The number of allylic oxidation sites excluding steroid dienone is 2. The van der Waals surface area contributed by atoms with Crippen molar-refractivity contribution in [3.63, 3.8) is 0 Å². The molecule has 2 heterocycles. The van der Waals surface area contributed by atoms with Crippen LogP contribution in [0.15, 0.2) is 160 Å². The minimum Gasteiger partial charge on any atom is -0.456 e. The Labute approximate surface area is 305 Å². The predicted octanol–water partition coefficient (Wildman–Crippen LogP) is 12.6. The smallest absolute Gasteiger partial charge is 0.159 e. The molecule has 1 aromatic heterocycles. The number of hydrogen-bond donors (Lipinski definition) is 0. The third-order valence-electron chi connectivity index (χ3n) is 11.7. The molecule has 0 bridgehead atoms. The molecule has 7 aromatic rings. The molecule has 0 saturated heterocycles. The van der Waals surface area contributed by atoms with Crippen LogP contribution in [0.2, 0.25) is 0 Å². The molecule has 1 atom stereocenters. The van der Waals surface area contributed by atoms with Gasteiger partial charge in [-0.2, -0.15) is 0 Å². The average molecular weight is 673 g/mol. The summed E-state index contributed by atoms with van der Waals surface area (Å²) in [6.45, 7) is 4.76. The summed E-state index contributed by atoms with van der Waals surface area (Å²) in [7, 11) is 0. The van der Waals surface area contributed by atoms with Crippen LogP contribution in [0, 0.1) is 0 Å². The van der Waals surface area contributed by atoms with Crippen molar-refractivity contribution in [3.8, 4) is 22.3 Å². The molecular formula is C49H40N2O. The number of rotatable bonds is 4. The summed E-state index contributed by atoms with van der Waals surface area (Å²) >= 11 is 0. The van der Waals surface area contributed by atoms with Gasteiger partial charge in [-0.05, 0) is 106 Å². The summed E-state index contributed by atoms with van der Waals surface area (Å²) in [5.74, 6) is 1.11. The Morgan fingerprint density at radius 2 is 1.40 bits per heavy atom. The second-order valence-corrected chi connectivity index (χ2v) is 15.1. The molecule has 1 unspecified atom stereocenters. The van der Waals surface area contributed by atoms with Crippen LogP contribution in [0.25, 0.3) is 44.2 Å². The van der Waals surface area contributed by atoms with E-state index in [2.05, 4.69) is 141 Å². The Morgan fingerprint density at radius 1 is 0.635 bits per heavy atom. The molecule has 1 aliphatic heterocycles. The Morgan fingerprint density at radius 3 is 2.31 bits per heavy atom. The molecule has 3 heteroatoms. The van der Waals surface area contributed by atoms with Crippen LogP contribution >= 0.6 is 0 Å². The standard InChI is InChI=1S/C49H40N2O/c1-49(2)41-20-10-8-19-40(41)47-42(49)28-26-31-23-24-33(36-16-6-7-18-39(36)46(31)47)29-35-15-12-21-43(51-48(50-35)32-13-4-3-5-14-32)34-25-27-38-37-17-9-11-22-44(37)52-45(38)30-34/h3-11,13-20,22,25-28,30,33H,12,21,23-24,29H2,1-2H3. The monoisotopic (exact) mass is 672 g/mol. The number of hydrogen-bond acceptors (Lipinski definition) is 3. The predicted molar refractivity (Wildman–Crippen MR) is 216 cm³/mol. The lowest BCUT2D eigenvalue weighted by Gasteiger charge is -2.23. The summed E-state index contributed by atoms with van der Waals surface area (Å²) < 4.78 is 6.27. The van der Waals surface area contributed by atoms with Crippen molar-refractivity contribution in [2.45, 2.75) is 57.3 Å². The summed E-state index contributed by atoms with van der Waals surface area (Å²) in [5, 5.41) is 2.28. The third kappa shape index (κ3) is 5.02. The highest BCUT2D eigenvalue weighted by Crippen LogP contribution is 2.55. The molecule has 0 fully saturated rings. The van der Waals surface area contributed by atoms with Crippen LogP contribution in [0.4, 0.5) is 0 Å². The second kappa shape index (κ2) is 12.2. The molecule has 0 radical (unpaired) electrons. The van der Waals surface area contributed by atoms with Crippen LogP contribution in [-0.4, -0.2) is 11.5 Å². The lowest BCUT2D eigenvalue weighted by atomic mass is 9.81. The summed E-state index contributed by atoms with van der Waals surface area (Å²) in [6, 6.07) is 48.3. The van der Waals surface area contributed by atoms with E-state index in [4.69, 9.17) is 14.4 Å². The molecule has 2 aliphatic carbocycles. The van der Waals surface area contributed by atoms with Crippen LogP contribution in [-0.2, 0) is 11.8 Å². The van der Waals surface area contributed by atoms with Crippen molar-refractivity contribution < 1.29 is 4.42 Å². The van der Waals surface area contributed by atoms with Crippen molar-refractivity contribution >= 4 is 33.5 Å². The maximum absolute atomic E-state index is 6.27. The van der Waals surface area contributed by atoms with E-state index in [-0.39, 0.29) is 5.41 Å². The molecule has 3 aliphatic rings. The largest absolute Gasteiger partial charge is 0.456 e. The van der Waals surface area contributed by atoms with Gasteiger partial charge in [0.15, 0.2) is 5.84 Å². The van der Waals surface area contributed by atoms with E-state index in [1.165, 1.54) is 44.5 Å². The van der Waals surface area contributed by atoms with Crippen LogP contribution < -0.4 is 0 Å². The normalized spacial score (nSPS) is 17.5. The van der Waals surface area contributed by atoms with Gasteiger partial charge in [0, 0.05) is 27.4 Å². The molecular weight excluding hydrogens is 633 g/mol. The topological polar surface area (TPSA) is 37.9 Å². The molecule has 10 rings (SSSR count). The fourth-order valence-electron chi connectivity index (χ4n) is 9.11. The Hall–Kier alpha value is -5.80. The van der Waals surface area contributed by atoms with E-state index in [9.17, 15) is 0 Å². The zero-order valence-electron chi connectivity index (χ0n) is 29.7. The number of furan rings is 1. The van der Waals surface area contributed by atoms with Gasteiger partial charge in [0.2, 0.25) is 0 Å². The Balaban J connectivity index is 1.04. The number of para-hydroxylation sites is 1. The van der Waals surface area contributed by atoms with Gasteiger partial charge in [-0.3, -0.25) is 0 Å². The Bertz CT molecular complexity index is 2630. The van der Waals surface area contributed by atoms with E-state index >= 15 is 0 Å². The summed E-state index contributed by atoms with van der Waals surface area (Å²) in [5.41, 5.74) is 17.4. The SMILES string of the molecule is CC1(C)c2ccccc2-c2c1ccc1c2-c2ccccc2C(CC2=CCCC(c3ccc4c(c3)oc3ccccc34)=NC(c3ccccc3)=N2)CC1. The summed E-state index contributed by atoms with van der Waals surface area (Å²) in [4.78, 5) is 10.7. The minimum absolute atomic E-state index is 0.0228. The van der Waals surface area contributed by atoms with E-state index in [0.717, 1.165) is 82.4 Å². The van der Waals surface area contributed by atoms with Gasteiger partial charge in [0.1, 0.15) is 11.2 Å². The second-order valence-electron chi connectivity index (χ2n) is 15.1. The van der Waals surface area contributed by atoms with Gasteiger partial charge in [0.25, 0.3) is 0 Å². The van der Waals surface area contributed by atoms with Gasteiger partial charge in [-0.1, -0.05) is 135 Å². The molecule has 0 amide bonds. The lowest BCUT2D eigenvalue weighted by Crippen LogP contribution is -2.15. The summed E-state index contributed by atoms with van der Waals surface area (Å²) in [6.07, 6.45) is 7.07. The van der Waals surface area contributed by atoms with Gasteiger partial charge >= 0.3 is 0 Å². The molecule has 252 valence electrons. The first-order valence-corrected chi connectivity index (χ1v) is 18.7. The highest BCUT2D eigenvalue weighted by atomic mass is 16.3. The Kier molecular flexibility index (Phi) is 7.25. The molecule has 0 saturated carbocycles. The van der Waals surface area contributed by atoms with Crippen molar-refractivity contribution in [2.75, 3.05) is 0 Å². The fraction of sp³-hybridized carbons (Fsp3) is 0.184. The van der Waals surface area contributed by atoms with Crippen molar-refractivity contribution in [2.24, 2.45) is 9.98 Å². The number of aliphatic imine (C=N–C) groups is 2. The average Bonchev–Trinajstić information content (AvgIpc) is 3.59. The van der Waals surface area contributed by atoms with Crippen LogP contribution in [0.5, 0.6) is 0 Å². The van der Waals surface area contributed by atoms with Crippen molar-refractivity contribution in [3.05, 3.63) is 179 Å². The fourth-order valence-corrected chi connectivity index (χ4v) is 9.11. The number of nitrogens with zero attached hydrogens (tertiary/aromatic N) is 2. The number of aryl methyl sites for hydroxylation is 1. The van der Waals surface area contributed by atoms with Gasteiger partial charge in [-0.25, -0.2) is 9.98 Å². The number of amidine groups is 1. The molecule has 0 spiro atoms. The first-order chi connectivity index (χ1) is 25.5. The van der Waals surface area contributed by atoms with E-state index in [0.29, 0.717) is 5.92 Å². The molecule has 52 heavy (non-hydrogen) atoms. The zero-order chi connectivity index (χ0) is 34.8. The first-order valence-electron chi connectivity index (χ1n) is 18.7. The molecule has 3 nitrogen and oxygen atoms in total. The van der Waals surface area contributed by atoms with Crippen molar-refractivity contribution in [1.29, 1.82) is 0 Å². The first kappa shape index (κ1) is 31.0. The van der Waals surface area contributed by atoms with Gasteiger partial charge in [0.05, 0.1) is 5.71 Å². The van der Waals surface area contributed by atoms with Crippen LogP contribution in [0.1, 0.15) is 78.8 Å². The van der Waals surface area contributed by atoms with E-state index in [1.54, 1.807) is 0 Å². The van der Waals surface area contributed by atoms with Gasteiger partial charge < -0.3 is 4.42 Å². The zero-order valence-corrected chi connectivity index (χ0v) is 29.7.